The molecule has 6 heteroatoms. The van der Waals surface area contributed by atoms with E-state index in [9.17, 15) is 0 Å². The first-order valence-electron chi connectivity index (χ1n) is 6.52. The lowest BCUT2D eigenvalue weighted by atomic mass is 9.99. The Morgan fingerprint density at radius 2 is 2.22 bits per heavy atom. The maximum atomic E-state index is 5.64. The number of nitrogens with two attached hydrogens (primary N) is 1. The first kappa shape index (κ1) is 12.2. The summed E-state index contributed by atoms with van der Waals surface area (Å²) >= 11 is 3.47. The molecule has 2 aliphatic heterocycles. The third kappa shape index (κ3) is 2.31. The van der Waals surface area contributed by atoms with Gasteiger partial charge in [-0.3, -0.25) is 4.90 Å². The largest absolute Gasteiger partial charge is 0.368 e. The van der Waals surface area contributed by atoms with Crippen LogP contribution in [0.1, 0.15) is 25.7 Å². The van der Waals surface area contributed by atoms with Crippen molar-refractivity contribution in [3.05, 3.63) is 10.7 Å². The number of aromatic nitrogens is 2. The maximum absolute atomic E-state index is 5.64. The SMILES string of the molecule is Nc1ncc(Br)c(NC2CCN3CCCCC23)n1. The summed E-state index contributed by atoms with van der Waals surface area (Å²) in [7, 11) is 0. The van der Waals surface area contributed by atoms with Crippen molar-refractivity contribution in [2.75, 3.05) is 24.1 Å². The topological polar surface area (TPSA) is 67.1 Å². The fraction of sp³-hybridized carbons (Fsp3) is 0.667. The summed E-state index contributed by atoms with van der Waals surface area (Å²) in [6, 6.07) is 1.14. The van der Waals surface area contributed by atoms with Gasteiger partial charge in [-0.15, -0.1) is 0 Å². The van der Waals surface area contributed by atoms with Crippen molar-refractivity contribution in [3.8, 4) is 0 Å². The Labute approximate surface area is 115 Å². The van der Waals surface area contributed by atoms with Crippen LogP contribution in [0.15, 0.2) is 10.7 Å². The molecule has 0 bridgehead atoms. The highest BCUT2D eigenvalue weighted by molar-refractivity contribution is 9.10. The number of nitrogens with one attached hydrogen (secondary N) is 1. The van der Waals surface area contributed by atoms with E-state index in [1.807, 2.05) is 0 Å². The van der Waals surface area contributed by atoms with Crippen LogP contribution in [0.25, 0.3) is 0 Å². The van der Waals surface area contributed by atoms with E-state index >= 15 is 0 Å². The number of anilines is 2. The van der Waals surface area contributed by atoms with Gasteiger partial charge in [0.1, 0.15) is 5.82 Å². The van der Waals surface area contributed by atoms with Crippen molar-refractivity contribution in [2.24, 2.45) is 0 Å². The average molecular weight is 312 g/mol. The molecular formula is C12H18BrN5. The summed E-state index contributed by atoms with van der Waals surface area (Å²) in [6.45, 7) is 2.44. The number of hydrogen-bond donors (Lipinski definition) is 2. The Bertz CT molecular complexity index is 438. The lowest BCUT2D eigenvalue weighted by Gasteiger charge is -2.32. The fourth-order valence-electron chi connectivity index (χ4n) is 3.07. The van der Waals surface area contributed by atoms with Crippen LogP contribution in [0, 0.1) is 0 Å². The molecule has 2 atom stereocenters. The monoisotopic (exact) mass is 311 g/mol. The van der Waals surface area contributed by atoms with Crippen molar-refractivity contribution in [3.63, 3.8) is 0 Å². The minimum Gasteiger partial charge on any atom is -0.368 e. The molecule has 0 spiro atoms. The number of nitrogen functional groups attached to an aromatic ring is 1. The predicted molar refractivity (Wildman–Crippen MR) is 75.4 cm³/mol. The van der Waals surface area contributed by atoms with Gasteiger partial charge in [-0.05, 0) is 41.7 Å². The molecule has 0 amide bonds. The minimum absolute atomic E-state index is 0.319. The Morgan fingerprint density at radius 1 is 1.33 bits per heavy atom. The van der Waals surface area contributed by atoms with E-state index in [0.29, 0.717) is 18.0 Å². The van der Waals surface area contributed by atoms with Crippen LogP contribution in [-0.4, -0.2) is 40.0 Å². The lowest BCUT2D eigenvalue weighted by Crippen LogP contribution is -2.41. The highest BCUT2D eigenvalue weighted by atomic mass is 79.9. The van der Waals surface area contributed by atoms with E-state index in [4.69, 9.17) is 5.73 Å². The Hall–Kier alpha value is -0.880. The number of halogens is 1. The van der Waals surface area contributed by atoms with Gasteiger partial charge in [0.25, 0.3) is 0 Å². The first-order chi connectivity index (χ1) is 8.74. The fourth-order valence-corrected chi connectivity index (χ4v) is 3.38. The molecule has 0 saturated carbocycles. The van der Waals surface area contributed by atoms with E-state index in [1.54, 1.807) is 6.20 Å². The van der Waals surface area contributed by atoms with Crippen LogP contribution in [0.2, 0.25) is 0 Å². The van der Waals surface area contributed by atoms with Crippen LogP contribution in [-0.2, 0) is 0 Å². The maximum Gasteiger partial charge on any atom is 0.221 e. The van der Waals surface area contributed by atoms with Gasteiger partial charge < -0.3 is 11.1 Å². The summed E-state index contributed by atoms with van der Waals surface area (Å²) in [5.41, 5.74) is 5.64. The molecule has 0 aromatic carbocycles. The van der Waals surface area contributed by atoms with Crippen molar-refractivity contribution in [1.29, 1.82) is 0 Å². The van der Waals surface area contributed by atoms with Crippen LogP contribution in [0.5, 0.6) is 0 Å². The Morgan fingerprint density at radius 3 is 3.11 bits per heavy atom. The van der Waals surface area contributed by atoms with Gasteiger partial charge in [-0.25, -0.2) is 4.98 Å². The molecule has 2 fully saturated rings. The number of hydrogen-bond acceptors (Lipinski definition) is 5. The van der Waals surface area contributed by atoms with Crippen molar-refractivity contribution in [1.82, 2.24) is 14.9 Å². The molecule has 5 nitrogen and oxygen atoms in total. The minimum atomic E-state index is 0.319. The Balaban J connectivity index is 1.74. The summed E-state index contributed by atoms with van der Waals surface area (Å²) in [6.07, 6.45) is 6.86. The van der Waals surface area contributed by atoms with E-state index in [2.05, 4.69) is 36.1 Å². The van der Waals surface area contributed by atoms with E-state index < -0.39 is 0 Å². The van der Waals surface area contributed by atoms with Crippen LogP contribution in [0.3, 0.4) is 0 Å². The molecule has 3 heterocycles. The molecule has 3 N–H and O–H groups in total. The van der Waals surface area contributed by atoms with Crippen LogP contribution < -0.4 is 11.1 Å². The molecular weight excluding hydrogens is 294 g/mol. The zero-order chi connectivity index (χ0) is 12.5. The molecule has 0 radical (unpaired) electrons. The number of nitrogens with zero attached hydrogens (tertiary/aromatic N) is 3. The van der Waals surface area contributed by atoms with Gasteiger partial charge in [0.2, 0.25) is 5.95 Å². The van der Waals surface area contributed by atoms with Crippen LogP contribution >= 0.6 is 15.9 Å². The molecule has 2 unspecified atom stereocenters. The molecule has 1 aromatic rings. The lowest BCUT2D eigenvalue weighted by molar-refractivity contribution is 0.192. The summed E-state index contributed by atoms with van der Waals surface area (Å²) in [4.78, 5) is 10.8. The van der Waals surface area contributed by atoms with Crippen molar-refractivity contribution in [2.45, 2.75) is 37.8 Å². The van der Waals surface area contributed by atoms with Gasteiger partial charge in [-0.1, -0.05) is 6.42 Å². The molecule has 2 aliphatic rings. The molecule has 18 heavy (non-hydrogen) atoms. The molecule has 2 saturated heterocycles. The standard InChI is InChI=1S/C12H18BrN5/c13-8-7-15-12(14)17-11(8)16-9-4-6-18-5-2-1-3-10(9)18/h7,9-10H,1-6H2,(H3,14,15,16,17). The molecule has 1 aromatic heterocycles. The van der Waals surface area contributed by atoms with Crippen molar-refractivity contribution >= 4 is 27.7 Å². The predicted octanol–water partition coefficient (Wildman–Crippen LogP) is 1.86. The summed E-state index contributed by atoms with van der Waals surface area (Å²) in [5.74, 6) is 1.14. The number of piperidine rings is 1. The highest BCUT2D eigenvalue weighted by Gasteiger charge is 2.35. The van der Waals surface area contributed by atoms with Crippen molar-refractivity contribution < 1.29 is 0 Å². The quantitative estimate of drug-likeness (QED) is 0.872. The molecule has 3 rings (SSSR count). The van der Waals surface area contributed by atoms with Gasteiger partial charge in [0, 0.05) is 24.8 Å². The third-order valence-corrected chi connectivity index (χ3v) is 4.52. The summed E-state index contributed by atoms with van der Waals surface area (Å²) in [5, 5.41) is 3.53. The number of rotatable bonds is 2. The second kappa shape index (κ2) is 5.01. The zero-order valence-electron chi connectivity index (χ0n) is 10.3. The summed E-state index contributed by atoms with van der Waals surface area (Å²) < 4.78 is 0.881. The van der Waals surface area contributed by atoms with E-state index in [-0.39, 0.29) is 0 Å². The van der Waals surface area contributed by atoms with Crippen LogP contribution in [0.4, 0.5) is 11.8 Å². The third-order valence-electron chi connectivity index (χ3n) is 3.94. The van der Waals surface area contributed by atoms with E-state index in [1.165, 1.54) is 38.8 Å². The second-order valence-electron chi connectivity index (χ2n) is 5.06. The van der Waals surface area contributed by atoms with Gasteiger partial charge in [0.15, 0.2) is 0 Å². The first-order valence-corrected chi connectivity index (χ1v) is 7.32. The normalized spacial score (nSPS) is 28.1. The van der Waals surface area contributed by atoms with Gasteiger partial charge in [0.05, 0.1) is 4.47 Å². The average Bonchev–Trinajstić information content (AvgIpc) is 2.78. The molecule has 98 valence electrons. The van der Waals surface area contributed by atoms with Gasteiger partial charge >= 0.3 is 0 Å². The zero-order valence-corrected chi connectivity index (χ0v) is 11.9. The van der Waals surface area contributed by atoms with Gasteiger partial charge in [-0.2, -0.15) is 4.98 Å². The Kier molecular flexibility index (Phi) is 3.39. The number of fused-ring (bicyclic) bond motifs is 1. The highest BCUT2D eigenvalue weighted by Crippen LogP contribution is 2.30. The smallest absolute Gasteiger partial charge is 0.221 e. The molecule has 0 aliphatic carbocycles. The second-order valence-corrected chi connectivity index (χ2v) is 5.92. The van der Waals surface area contributed by atoms with E-state index in [0.717, 1.165) is 10.3 Å².